The lowest BCUT2D eigenvalue weighted by Crippen LogP contribution is -2.34. The molecule has 0 fully saturated rings. The number of carbonyl (C=O) groups excluding carboxylic acids is 2. The highest BCUT2D eigenvalue weighted by atomic mass is 16.5. The predicted octanol–water partition coefficient (Wildman–Crippen LogP) is 2.77. The molecule has 0 saturated heterocycles. The van der Waals surface area contributed by atoms with Gasteiger partial charge in [0.25, 0.3) is 5.91 Å². The van der Waals surface area contributed by atoms with E-state index in [-0.39, 0.29) is 25.1 Å². The average molecular weight is 363 g/mol. The number of amides is 1. The lowest BCUT2D eigenvalue weighted by Gasteiger charge is -2.26. The van der Waals surface area contributed by atoms with Crippen LogP contribution in [0.25, 0.3) is 11.0 Å². The molecule has 1 aliphatic rings. The van der Waals surface area contributed by atoms with Gasteiger partial charge in [0.05, 0.1) is 23.4 Å². The number of fused-ring (bicyclic) bond motifs is 2. The summed E-state index contributed by atoms with van der Waals surface area (Å²) in [4.78, 5) is 28.6. The van der Waals surface area contributed by atoms with Crippen molar-refractivity contribution in [3.05, 3.63) is 66.0 Å². The molecule has 27 heavy (non-hydrogen) atoms. The molecule has 0 spiro atoms. The molecule has 1 N–H and O–H groups in total. The van der Waals surface area contributed by atoms with Crippen LogP contribution < -0.4 is 5.32 Å². The molecule has 0 radical (unpaired) electrons. The normalized spacial score (nSPS) is 15.9. The van der Waals surface area contributed by atoms with Gasteiger partial charge in [0.2, 0.25) is 0 Å². The Bertz CT molecular complexity index is 979. The molecule has 0 aliphatic heterocycles. The van der Waals surface area contributed by atoms with Crippen LogP contribution in [0.2, 0.25) is 0 Å². The Hall–Kier alpha value is -3.15. The lowest BCUT2D eigenvalue weighted by molar-refractivity contribution is -0.149. The van der Waals surface area contributed by atoms with Crippen molar-refractivity contribution in [1.29, 1.82) is 0 Å². The Morgan fingerprint density at radius 1 is 1.15 bits per heavy atom. The van der Waals surface area contributed by atoms with Gasteiger partial charge in [0.1, 0.15) is 6.54 Å². The van der Waals surface area contributed by atoms with Gasteiger partial charge < -0.3 is 14.6 Å². The maximum Gasteiger partial charge on any atom is 0.326 e. The van der Waals surface area contributed by atoms with Gasteiger partial charge in [-0.1, -0.05) is 36.4 Å². The van der Waals surface area contributed by atoms with Crippen molar-refractivity contribution in [3.8, 4) is 0 Å². The van der Waals surface area contributed by atoms with Gasteiger partial charge in [0, 0.05) is 0 Å². The second-order valence-electron chi connectivity index (χ2n) is 6.73. The number of hydrogen-bond donors (Lipinski definition) is 1. The number of benzene rings is 2. The van der Waals surface area contributed by atoms with E-state index in [1.54, 1.807) is 10.9 Å². The van der Waals surface area contributed by atoms with Gasteiger partial charge in [0.15, 0.2) is 6.61 Å². The number of nitrogens with one attached hydrogen (secondary N) is 1. The van der Waals surface area contributed by atoms with E-state index in [4.69, 9.17) is 4.74 Å². The highest BCUT2D eigenvalue weighted by Gasteiger charge is 2.21. The van der Waals surface area contributed by atoms with Crippen LogP contribution >= 0.6 is 0 Å². The van der Waals surface area contributed by atoms with E-state index >= 15 is 0 Å². The van der Waals surface area contributed by atoms with E-state index in [0.29, 0.717) is 0 Å². The maximum absolute atomic E-state index is 12.2. The van der Waals surface area contributed by atoms with Gasteiger partial charge in [-0.15, -0.1) is 0 Å². The fraction of sp³-hybridized carbons (Fsp3) is 0.286. The van der Waals surface area contributed by atoms with Crippen LogP contribution in [-0.2, 0) is 27.3 Å². The van der Waals surface area contributed by atoms with E-state index in [2.05, 4.69) is 22.4 Å². The van der Waals surface area contributed by atoms with Crippen LogP contribution in [-0.4, -0.2) is 28.0 Å². The zero-order chi connectivity index (χ0) is 18.6. The van der Waals surface area contributed by atoms with Crippen LogP contribution in [0.15, 0.2) is 54.9 Å². The smallest absolute Gasteiger partial charge is 0.326 e. The summed E-state index contributed by atoms with van der Waals surface area (Å²) in [6.45, 7) is -0.246. The number of rotatable bonds is 5. The first kappa shape index (κ1) is 17.3. The fourth-order valence-electron chi connectivity index (χ4n) is 3.61. The lowest BCUT2D eigenvalue weighted by atomic mass is 9.88. The number of aromatic nitrogens is 2. The van der Waals surface area contributed by atoms with E-state index in [1.807, 2.05) is 36.4 Å². The van der Waals surface area contributed by atoms with E-state index in [1.165, 1.54) is 5.56 Å². The molecule has 6 heteroatoms. The molecule has 6 nitrogen and oxygen atoms in total. The number of imidazole rings is 1. The Kier molecular flexibility index (Phi) is 4.87. The van der Waals surface area contributed by atoms with Gasteiger partial charge in [-0.2, -0.15) is 0 Å². The van der Waals surface area contributed by atoms with Crippen molar-refractivity contribution in [2.24, 2.45) is 0 Å². The van der Waals surface area contributed by atoms with Gasteiger partial charge in [-0.25, -0.2) is 4.98 Å². The summed E-state index contributed by atoms with van der Waals surface area (Å²) in [6.07, 6.45) is 4.58. The third kappa shape index (κ3) is 3.84. The molecule has 4 rings (SSSR count). The first-order valence-electron chi connectivity index (χ1n) is 9.13. The molecule has 3 aromatic rings. The van der Waals surface area contributed by atoms with Crippen LogP contribution in [0.3, 0.4) is 0 Å². The molecule has 0 unspecified atom stereocenters. The minimum Gasteiger partial charge on any atom is -0.454 e. The van der Waals surface area contributed by atoms with Gasteiger partial charge >= 0.3 is 5.97 Å². The van der Waals surface area contributed by atoms with Crippen molar-refractivity contribution in [2.75, 3.05) is 6.61 Å². The Morgan fingerprint density at radius 3 is 2.89 bits per heavy atom. The van der Waals surface area contributed by atoms with Crippen LogP contribution in [0.4, 0.5) is 0 Å². The summed E-state index contributed by atoms with van der Waals surface area (Å²) in [5, 5.41) is 2.98. The molecule has 1 atom stereocenters. The Balaban J connectivity index is 1.31. The minimum atomic E-state index is -0.461. The molecule has 1 aliphatic carbocycles. The zero-order valence-corrected chi connectivity index (χ0v) is 14.9. The number of nitrogens with zero attached hydrogens (tertiary/aromatic N) is 2. The number of hydrogen-bond acceptors (Lipinski definition) is 4. The third-order valence-corrected chi connectivity index (χ3v) is 4.90. The Labute approximate surface area is 157 Å². The van der Waals surface area contributed by atoms with Crippen molar-refractivity contribution < 1.29 is 14.3 Å². The molecule has 1 aromatic heterocycles. The number of ether oxygens (including phenoxy) is 1. The van der Waals surface area contributed by atoms with E-state index in [0.717, 1.165) is 35.9 Å². The molecule has 1 heterocycles. The zero-order valence-electron chi connectivity index (χ0n) is 14.9. The number of esters is 1. The van der Waals surface area contributed by atoms with Crippen LogP contribution in [0.1, 0.15) is 30.0 Å². The Morgan fingerprint density at radius 2 is 1.96 bits per heavy atom. The minimum absolute atomic E-state index is 0.0151. The molecule has 2 aromatic carbocycles. The third-order valence-electron chi connectivity index (χ3n) is 4.90. The van der Waals surface area contributed by atoms with E-state index < -0.39 is 5.97 Å². The predicted molar refractivity (Wildman–Crippen MR) is 101 cm³/mol. The summed E-state index contributed by atoms with van der Waals surface area (Å²) in [5.41, 5.74) is 4.11. The van der Waals surface area contributed by atoms with Gasteiger partial charge in [-0.05, 0) is 42.5 Å². The van der Waals surface area contributed by atoms with Gasteiger partial charge in [-0.3, -0.25) is 9.59 Å². The topological polar surface area (TPSA) is 73.2 Å². The second-order valence-corrected chi connectivity index (χ2v) is 6.73. The molecular formula is C21H21N3O3. The van der Waals surface area contributed by atoms with Crippen LogP contribution in [0, 0.1) is 0 Å². The second kappa shape index (κ2) is 7.61. The largest absolute Gasteiger partial charge is 0.454 e. The summed E-state index contributed by atoms with van der Waals surface area (Å²) in [5.74, 6) is -0.738. The summed E-state index contributed by atoms with van der Waals surface area (Å²) < 4.78 is 6.87. The summed E-state index contributed by atoms with van der Waals surface area (Å²) in [7, 11) is 0. The van der Waals surface area contributed by atoms with Crippen molar-refractivity contribution >= 4 is 22.9 Å². The average Bonchev–Trinajstić information content (AvgIpc) is 3.10. The highest BCUT2D eigenvalue weighted by molar-refractivity contribution is 5.82. The first-order chi connectivity index (χ1) is 13.2. The van der Waals surface area contributed by atoms with Crippen molar-refractivity contribution in [1.82, 2.24) is 14.9 Å². The highest BCUT2D eigenvalue weighted by Crippen LogP contribution is 2.29. The molecule has 0 saturated carbocycles. The fourth-order valence-corrected chi connectivity index (χ4v) is 3.61. The van der Waals surface area contributed by atoms with Crippen LogP contribution in [0.5, 0.6) is 0 Å². The van der Waals surface area contributed by atoms with E-state index in [9.17, 15) is 9.59 Å². The standard InChI is InChI=1S/C21H21N3O3/c25-20(23-17-10-5-7-15-6-1-2-8-16(15)17)13-27-21(26)12-24-14-22-18-9-3-4-11-19(18)24/h1-4,6,8-9,11,14,17H,5,7,10,12-13H2,(H,23,25)/t17-/m0/s1. The monoisotopic (exact) mass is 363 g/mol. The van der Waals surface area contributed by atoms with Crippen molar-refractivity contribution in [2.45, 2.75) is 31.8 Å². The molecule has 138 valence electrons. The quantitative estimate of drug-likeness (QED) is 0.708. The van der Waals surface area contributed by atoms with Crippen molar-refractivity contribution in [3.63, 3.8) is 0 Å². The number of para-hydroxylation sites is 2. The SMILES string of the molecule is O=C(COC(=O)Cn1cnc2ccccc21)N[C@H]1CCCc2ccccc21. The first-order valence-corrected chi connectivity index (χ1v) is 9.13. The number of aryl methyl sites for hydroxylation is 1. The summed E-state index contributed by atoms with van der Waals surface area (Å²) in [6, 6.07) is 15.7. The maximum atomic E-state index is 12.2. The molecule has 0 bridgehead atoms. The summed E-state index contributed by atoms with van der Waals surface area (Å²) >= 11 is 0. The molecular weight excluding hydrogens is 342 g/mol. The molecule has 1 amide bonds. The number of carbonyl (C=O) groups is 2.